The van der Waals surface area contributed by atoms with Crippen LogP contribution < -0.4 is 0 Å². The Kier molecular flexibility index (Phi) is 5.73. The van der Waals surface area contributed by atoms with E-state index in [0.717, 1.165) is 6.42 Å². The van der Waals surface area contributed by atoms with Gasteiger partial charge in [-0.05, 0) is 52.4 Å². The van der Waals surface area contributed by atoms with Crippen LogP contribution >= 0.6 is 31.9 Å². The lowest BCUT2D eigenvalue weighted by atomic mass is 9.94. The molecule has 0 aromatic heterocycles. The SMILES string of the molecule is Fc1ccc(Br)c(F)c1CC(CBr)Cc1ccccc1. The molecular weight excluding hydrogens is 390 g/mol. The van der Waals surface area contributed by atoms with Crippen LogP contribution in [0.15, 0.2) is 46.9 Å². The molecule has 1 unspecified atom stereocenters. The van der Waals surface area contributed by atoms with E-state index < -0.39 is 11.6 Å². The highest BCUT2D eigenvalue weighted by molar-refractivity contribution is 9.10. The van der Waals surface area contributed by atoms with Crippen LogP contribution in [0.25, 0.3) is 0 Å². The zero-order valence-corrected chi connectivity index (χ0v) is 13.9. The lowest BCUT2D eigenvalue weighted by molar-refractivity contribution is 0.508. The molecule has 2 aromatic carbocycles. The Labute approximate surface area is 134 Å². The molecule has 2 rings (SSSR count). The van der Waals surface area contributed by atoms with E-state index in [1.807, 2.05) is 30.3 Å². The smallest absolute Gasteiger partial charge is 0.143 e. The van der Waals surface area contributed by atoms with Gasteiger partial charge in [0.2, 0.25) is 0 Å². The van der Waals surface area contributed by atoms with Crippen molar-refractivity contribution in [3.05, 3.63) is 69.7 Å². The van der Waals surface area contributed by atoms with Gasteiger partial charge in [-0.25, -0.2) is 8.78 Å². The molecule has 0 N–H and O–H groups in total. The zero-order valence-electron chi connectivity index (χ0n) is 10.8. The van der Waals surface area contributed by atoms with E-state index in [0.29, 0.717) is 16.2 Å². The molecular formula is C16H14Br2F2. The van der Waals surface area contributed by atoms with Crippen LogP contribution in [0.3, 0.4) is 0 Å². The number of alkyl halides is 1. The van der Waals surface area contributed by atoms with Gasteiger partial charge in [-0.2, -0.15) is 0 Å². The molecule has 2 aromatic rings. The standard InChI is InChI=1S/C16H14Br2F2/c17-10-12(8-11-4-2-1-3-5-11)9-13-15(19)7-6-14(18)16(13)20/h1-7,12H,8-10H2. The second-order valence-corrected chi connectivity index (χ2v) is 6.24. The highest BCUT2D eigenvalue weighted by atomic mass is 79.9. The van der Waals surface area contributed by atoms with E-state index in [2.05, 4.69) is 31.9 Å². The van der Waals surface area contributed by atoms with Crippen molar-refractivity contribution in [2.45, 2.75) is 12.8 Å². The molecule has 0 saturated heterocycles. The van der Waals surface area contributed by atoms with E-state index in [4.69, 9.17) is 0 Å². The second kappa shape index (κ2) is 7.32. The first-order valence-electron chi connectivity index (χ1n) is 6.34. The Bertz CT molecular complexity index is 570. The van der Waals surface area contributed by atoms with E-state index in [9.17, 15) is 8.78 Å². The zero-order chi connectivity index (χ0) is 14.5. The van der Waals surface area contributed by atoms with Crippen molar-refractivity contribution in [1.82, 2.24) is 0 Å². The van der Waals surface area contributed by atoms with Gasteiger partial charge in [-0.3, -0.25) is 0 Å². The third kappa shape index (κ3) is 3.89. The minimum absolute atomic E-state index is 0.149. The number of benzene rings is 2. The molecule has 1 atom stereocenters. The third-order valence-corrected chi connectivity index (χ3v) is 4.75. The highest BCUT2D eigenvalue weighted by Gasteiger charge is 2.17. The normalized spacial score (nSPS) is 12.4. The van der Waals surface area contributed by atoms with E-state index in [1.54, 1.807) is 0 Å². The van der Waals surface area contributed by atoms with E-state index >= 15 is 0 Å². The van der Waals surface area contributed by atoms with Gasteiger partial charge in [0.25, 0.3) is 0 Å². The summed E-state index contributed by atoms with van der Waals surface area (Å²) >= 11 is 6.55. The molecule has 0 amide bonds. The topological polar surface area (TPSA) is 0 Å². The minimum Gasteiger partial charge on any atom is -0.207 e. The molecule has 0 radical (unpaired) electrons. The van der Waals surface area contributed by atoms with Gasteiger partial charge in [0, 0.05) is 10.9 Å². The third-order valence-electron chi connectivity index (χ3n) is 3.22. The Balaban J connectivity index is 2.17. The highest BCUT2D eigenvalue weighted by Crippen LogP contribution is 2.25. The number of hydrogen-bond acceptors (Lipinski definition) is 0. The predicted octanol–water partition coefficient (Wildman–Crippen LogP) is 5.52. The van der Waals surface area contributed by atoms with Crippen molar-refractivity contribution in [2.24, 2.45) is 5.92 Å². The molecule has 0 saturated carbocycles. The Morgan fingerprint density at radius 1 is 0.950 bits per heavy atom. The van der Waals surface area contributed by atoms with Gasteiger partial charge in [-0.15, -0.1) is 0 Å². The maximum atomic E-state index is 14.0. The van der Waals surface area contributed by atoms with E-state index in [1.165, 1.54) is 17.7 Å². The monoisotopic (exact) mass is 402 g/mol. The summed E-state index contributed by atoms with van der Waals surface area (Å²) in [5, 5.41) is 0.702. The minimum atomic E-state index is -0.496. The molecule has 4 heteroatoms. The summed E-state index contributed by atoms with van der Waals surface area (Å²) in [5.41, 5.74) is 1.33. The summed E-state index contributed by atoms with van der Waals surface area (Å²) < 4.78 is 28.1. The maximum absolute atomic E-state index is 14.0. The second-order valence-electron chi connectivity index (χ2n) is 4.74. The number of rotatable bonds is 5. The summed E-state index contributed by atoms with van der Waals surface area (Å²) in [5.74, 6) is -0.829. The van der Waals surface area contributed by atoms with Gasteiger partial charge in [-0.1, -0.05) is 46.3 Å². The fourth-order valence-corrected chi connectivity index (χ4v) is 3.00. The summed E-state index contributed by atoms with van der Waals surface area (Å²) in [6.07, 6.45) is 1.16. The van der Waals surface area contributed by atoms with Gasteiger partial charge in [0.15, 0.2) is 0 Å². The summed E-state index contributed by atoms with van der Waals surface area (Å²) in [7, 11) is 0. The lowest BCUT2D eigenvalue weighted by Crippen LogP contribution is -2.12. The largest absolute Gasteiger partial charge is 0.207 e. The van der Waals surface area contributed by atoms with Crippen molar-refractivity contribution in [3.8, 4) is 0 Å². The first-order valence-corrected chi connectivity index (χ1v) is 8.25. The predicted molar refractivity (Wildman–Crippen MR) is 85.2 cm³/mol. The molecule has 0 spiro atoms. The first-order chi connectivity index (χ1) is 9.61. The van der Waals surface area contributed by atoms with Crippen molar-refractivity contribution in [2.75, 3.05) is 5.33 Å². The Morgan fingerprint density at radius 2 is 1.65 bits per heavy atom. The van der Waals surface area contributed by atoms with Crippen molar-refractivity contribution in [3.63, 3.8) is 0 Å². The van der Waals surface area contributed by atoms with Crippen LogP contribution in [-0.2, 0) is 12.8 Å². The van der Waals surface area contributed by atoms with Crippen molar-refractivity contribution < 1.29 is 8.78 Å². The van der Waals surface area contributed by atoms with E-state index in [-0.39, 0.29) is 11.5 Å². The molecule has 20 heavy (non-hydrogen) atoms. The molecule has 0 aliphatic carbocycles. The molecule has 0 nitrogen and oxygen atoms in total. The van der Waals surface area contributed by atoms with Crippen LogP contribution in [0.2, 0.25) is 0 Å². The van der Waals surface area contributed by atoms with Gasteiger partial charge < -0.3 is 0 Å². The maximum Gasteiger partial charge on any atom is 0.143 e. The fraction of sp³-hybridized carbons (Fsp3) is 0.250. The van der Waals surface area contributed by atoms with Crippen LogP contribution in [0, 0.1) is 17.6 Å². The summed E-state index contributed by atoms with van der Waals surface area (Å²) in [6.45, 7) is 0. The number of halogens is 4. The van der Waals surface area contributed by atoms with Crippen molar-refractivity contribution in [1.29, 1.82) is 0 Å². The van der Waals surface area contributed by atoms with Crippen LogP contribution in [0.5, 0.6) is 0 Å². The molecule has 0 heterocycles. The van der Waals surface area contributed by atoms with Gasteiger partial charge in [0.1, 0.15) is 11.6 Å². The Morgan fingerprint density at radius 3 is 2.30 bits per heavy atom. The Hall–Kier alpha value is -0.740. The summed E-state index contributed by atoms with van der Waals surface area (Å²) in [4.78, 5) is 0. The quantitative estimate of drug-likeness (QED) is 0.455. The molecule has 0 aliphatic heterocycles. The summed E-state index contributed by atoms with van der Waals surface area (Å²) in [6, 6.07) is 12.7. The van der Waals surface area contributed by atoms with Crippen LogP contribution in [0.4, 0.5) is 8.78 Å². The van der Waals surface area contributed by atoms with Gasteiger partial charge >= 0.3 is 0 Å². The van der Waals surface area contributed by atoms with Crippen LogP contribution in [0.1, 0.15) is 11.1 Å². The fourth-order valence-electron chi connectivity index (χ4n) is 2.17. The average Bonchev–Trinajstić information content (AvgIpc) is 2.47. The van der Waals surface area contributed by atoms with Gasteiger partial charge in [0.05, 0.1) is 4.47 Å². The lowest BCUT2D eigenvalue weighted by Gasteiger charge is -2.16. The van der Waals surface area contributed by atoms with Crippen molar-refractivity contribution >= 4 is 31.9 Å². The molecule has 0 fully saturated rings. The van der Waals surface area contributed by atoms with Crippen LogP contribution in [-0.4, -0.2) is 5.33 Å². The number of hydrogen-bond donors (Lipinski definition) is 0. The molecule has 0 bridgehead atoms. The molecule has 106 valence electrons. The first kappa shape index (κ1) is 15.6. The average molecular weight is 404 g/mol. The molecule has 0 aliphatic rings.